The summed E-state index contributed by atoms with van der Waals surface area (Å²) < 4.78 is 33.1. The highest BCUT2D eigenvalue weighted by atomic mass is 16.7. The van der Waals surface area contributed by atoms with Crippen LogP contribution in [0.3, 0.4) is 0 Å². The summed E-state index contributed by atoms with van der Waals surface area (Å²) in [6.07, 6.45) is -1.32. The molecule has 10 heteroatoms. The molecule has 0 aromatic carbocycles. The molecule has 0 unspecified atom stereocenters. The maximum Gasteiger partial charge on any atom is 0.335 e. The summed E-state index contributed by atoms with van der Waals surface area (Å²) in [7, 11) is 0. The highest BCUT2D eigenvalue weighted by molar-refractivity contribution is 5.76. The first-order valence-electron chi connectivity index (χ1n) is 8.67. The van der Waals surface area contributed by atoms with E-state index in [-0.39, 0.29) is 13.2 Å². The molecule has 2 heterocycles. The lowest BCUT2D eigenvalue weighted by atomic mass is 9.91. The lowest BCUT2D eigenvalue weighted by molar-refractivity contribution is -0.318. The minimum Gasteiger partial charge on any atom is -0.479 e. The molecule has 0 saturated carbocycles. The second-order valence-electron chi connectivity index (χ2n) is 7.86. The van der Waals surface area contributed by atoms with Crippen molar-refractivity contribution >= 4 is 11.9 Å². The third kappa shape index (κ3) is 5.84. The molecule has 2 aliphatic heterocycles. The maximum absolute atomic E-state index is 11.0. The molecule has 156 valence electrons. The molecule has 0 bridgehead atoms. The van der Waals surface area contributed by atoms with Crippen LogP contribution in [0, 0.1) is 5.41 Å². The van der Waals surface area contributed by atoms with Crippen LogP contribution < -0.4 is 0 Å². The highest BCUT2D eigenvalue weighted by Crippen LogP contribution is 2.31. The quantitative estimate of drug-likeness (QED) is 0.601. The van der Waals surface area contributed by atoms with Gasteiger partial charge in [0.25, 0.3) is 0 Å². The molecule has 2 N–H and O–H groups in total. The highest BCUT2D eigenvalue weighted by Gasteiger charge is 2.43. The fourth-order valence-electron chi connectivity index (χ4n) is 2.29. The normalized spacial score (nSPS) is 29.6. The third-order valence-electron chi connectivity index (χ3n) is 4.49. The van der Waals surface area contributed by atoms with Gasteiger partial charge in [0.1, 0.15) is 0 Å². The van der Waals surface area contributed by atoms with Crippen LogP contribution in [0.25, 0.3) is 0 Å². The molecule has 2 saturated heterocycles. The van der Waals surface area contributed by atoms with Gasteiger partial charge in [0.15, 0.2) is 23.8 Å². The molecule has 0 atom stereocenters. The van der Waals surface area contributed by atoms with E-state index < -0.39 is 41.1 Å². The first kappa shape index (κ1) is 22.0. The maximum atomic E-state index is 11.0. The average molecular weight is 392 g/mol. The molecule has 2 fully saturated rings. The molecule has 0 radical (unpaired) electrons. The van der Waals surface area contributed by atoms with Gasteiger partial charge < -0.3 is 38.6 Å². The monoisotopic (exact) mass is 392 g/mol. The zero-order chi connectivity index (χ0) is 20.3. The predicted octanol–water partition coefficient (Wildman–Crippen LogP) is 0.478. The minimum atomic E-state index is -1.32. The van der Waals surface area contributed by atoms with Crippen LogP contribution >= 0.6 is 0 Å². The average Bonchev–Trinajstić information content (AvgIpc) is 2.61. The SMILES string of the molecule is CC(C)(OCC1OCC2(CO1)COC(COC(C)(C)C(=O)O)OC2)C(=O)O. The number of hydrogen-bond acceptors (Lipinski definition) is 8. The summed E-state index contributed by atoms with van der Waals surface area (Å²) in [6, 6.07) is 0. The molecule has 2 aliphatic rings. The van der Waals surface area contributed by atoms with Gasteiger partial charge in [-0.05, 0) is 27.7 Å². The number of aliphatic carboxylic acids is 2. The number of ether oxygens (including phenoxy) is 6. The summed E-state index contributed by atoms with van der Waals surface area (Å²) >= 11 is 0. The Balaban J connectivity index is 1.72. The second kappa shape index (κ2) is 8.38. The number of hydrogen-bond donors (Lipinski definition) is 2. The van der Waals surface area contributed by atoms with Crippen molar-refractivity contribution in [3.8, 4) is 0 Å². The van der Waals surface area contributed by atoms with E-state index in [1.54, 1.807) is 0 Å². The summed E-state index contributed by atoms with van der Waals surface area (Å²) in [5.74, 6) is -2.13. The smallest absolute Gasteiger partial charge is 0.335 e. The van der Waals surface area contributed by atoms with E-state index in [1.165, 1.54) is 27.7 Å². The minimum absolute atomic E-state index is 0.00215. The molecule has 0 aliphatic carbocycles. The fraction of sp³-hybridized carbons (Fsp3) is 0.882. The van der Waals surface area contributed by atoms with E-state index in [0.29, 0.717) is 26.4 Å². The molecule has 0 aromatic heterocycles. The molecular formula is C17H28O10. The fourth-order valence-corrected chi connectivity index (χ4v) is 2.29. The largest absolute Gasteiger partial charge is 0.479 e. The molecule has 1 spiro atoms. The van der Waals surface area contributed by atoms with Crippen LogP contribution in [0.1, 0.15) is 27.7 Å². The number of rotatable bonds is 8. The Labute approximate surface area is 157 Å². The van der Waals surface area contributed by atoms with Crippen LogP contribution in [-0.4, -0.2) is 85.6 Å². The van der Waals surface area contributed by atoms with Crippen molar-refractivity contribution in [1.29, 1.82) is 0 Å². The lowest BCUT2D eigenvalue weighted by Gasteiger charge is -2.44. The van der Waals surface area contributed by atoms with E-state index in [2.05, 4.69) is 0 Å². The number of carboxylic acids is 2. The van der Waals surface area contributed by atoms with Crippen LogP contribution in [0.4, 0.5) is 0 Å². The second-order valence-corrected chi connectivity index (χ2v) is 7.86. The summed E-state index contributed by atoms with van der Waals surface area (Å²) in [5, 5.41) is 18.1. The van der Waals surface area contributed by atoms with E-state index in [9.17, 15) is 9.59 Å². The molecule has 0 aromatic rings. The summed E-state index contributed by atoms with van der Waals surface area (Å²) in [4.78, 5) is 22.1. The van der Waals surface area contributed by atoms with E-state index >= 15 is 0 Å². The standard InChI is InChI=1S/C17H28O10/c1-15(2,13(18)19)26-5-11-22-7-17(8-23-11)9-24-12(25-10-17)6-27-16(3,4)14(20)21/h11-12H,5-10H2,1-4H3,(H,18,19)(H,20,21). The van der Waals surface area contributed by atoms with Crippen molar-refractivity contribution in [2.24, 2.45) is 5.41 Å². The molecule has 2 rings (SSSR count). The van der Waals surface area contributed by atoms with Gasteiger partial charge in [0.05, 0.1) is 45.1 Å². The van der Waals surface area contributed by atoms with Crippen LogP contribution in [0.5, 0.6) is 0 Å². The Kier molecular flexibility index (Phi) is 6.82. The number of carbonyl (C=O) groups is 2. The molecule has 0 amide bonds. The van der Waals surface area contributed by atoms with Crippen LogP contribution in [0.2, 0.25) is 0 Å². The van der Waals surface area contributed by atoms with E-state index in [4.69, 9.17) is 38.6 Å². The Hall–Kier alpha value is -1.30. The van der Waals surface area contributed by atoms with Gasteiger partial charge in [-0.2, -0.15) is 0 Å². The van der Waals surface area contributed by atoms with E-state index in [0.717, 1.165) is 0 Å². The number of carboxylic acid groups (broad SMARTS) is 2. The summed E-state index contributed by atoms with van der Waals surface area (Å²) in [6.45, 7) is 7.05. The summed E-state index contributed by atoms with van der Waals surface area (Å²) in [5.41, 5.74) is -3.12. The van der Waals surface area contributed by atoms with Crippen molar-refractivity contribution in [3.05, 3.63) is 0 Å². The van der Waals surface area contributed by atoms with Crippen molar-refractivity contribution < 1.29 is 48.2 Å². The van der Waals surface area contributed by atoms with Crippen molar-refractivity contribution in [3.63, 3.8) is 0 Å². The van der Waals surface area contributed by atoms with Gasteiger partial charge in [-0.15, -0.1) is 0 Å². The Bertz CT molecular complexity index is 476. The van der Waals surface area contributed by atoms with Gasteiger partial charge in [-0.25, -0.2) is 9.59 Å². The van der Waals surface area contributed by atoms with Gasteiger partial charge in [-0.1, -0.05) is 0 Å². The van der Waals surface area contributed by atoms with Crippen molar-refractivity contribution in [2.45, 2.75) is 51.5 Å². The lowest BCUT2D eigenvalue weighted by Crippen LogP contribution is -2.54. The van der Waals surface area contributed by atoms with Gasteiger partial charge in [0, 0.05) is 0 Å². The Morgan fingerprint density at radius 1 is 0.815 bits per heavy atom. The molecular weight excluding hydrogens is 364 g/mol. The first-order chi connectivity index (χ1) is 12.5. The molecule has 10 nitrogen and oxygen atoms in total. The van der Waals surface area contributed by atoms with Gasteiger partial charge >= 0.3 is 11.9 Å². The van der Waals surface area contributed by atoms with Crippen molar-refractivity contribution in [2.75, 3.05) is 39.6 Å². The predicted molar refractivity (Wildman–Crippen MR) is 89.2 cm³/mol. The third-order valence-corrected chi connectivity index (χ3v) is 4.49. The van der Waals surface area contributed by atoms with Crippen molar-refractivity contribution in [1.82, 2.24) is 0 Å². The Morgan fingerprint density at radius 3 is 1.37 bits per heavy atom. The first-order valence-corrected chi connectivity index (χ1v) is 8.67. The Morgan fingerprint density at radius 2 is 1.11 bits per heavy atom. The van der Waals surface area contributed by atoms with Crippen LogP contribution in [-0.2, 0) is 38.0 Å². The van der Waals surface area contributed by atoms with E-state index in [1.807, 2.05) is 0 Å². The zero-order valence-electron chi connectivity index (χ0n) is 16.1. The topological polar surface area (TPSA) is 130 Å². The molecule has 27 heavy (non-hydrogen) atoms. The van der Waals surface area contributed by atoms with Gasteiger partial charge in [0.2, 0.25) is 0 Å². The zero-order valence-corrected chi connectivity index (χ0v) is 16.1. The van der Waals surface area contributed by atoms with Crippen LogP contribution in [0.15, 0.2) is 0 Å². The van der Waals surface area contributed by atoms with Gasteiger partial charge in [-0.3, -0.25) is 0 Å².